The molecule has 0 bridgehead atoms. The van der Waals surface area contributed by atoms with Gasteiger partial charge in [0.25, 0.3) is 11.6 Å². The molecule has 4 N–H and O–H groups in total. The van der Waals surface area contributed by atoms with Crippen LogP contribution in [0.25, 0.3) is 0 Å². The van der Waals surface area contributed by atoms with E-state index in [-0.39, 0.29) is 21.9 Å². The lowest BCUT2D eigenvalue weighted by Crippen LogP contribution is -2.25. The zero-order valence-electron chi connectivity index (χ0n) is 13.9. The molecule has 136 valence electrons. The molecule has 25 heavy (non-hydrogen) atoms. The predicted molar refractivity (Wildman–Crippen MR) is 92.0 cm³/mol. The van der Waals surface area contributed by atoms with Gasteiger partial charge in [-0.3, -0.25) is 14.9 Å². The van der Waals surface area contributed by atoms with Crippen LogP contribution in [0.3, 0.4) is 0 Å². The normalized spacial score (nSPS) is 20.2. The lowest BCUT2D eigenvalue weighted by Gasteiger charge is -2.17. The first kappa shape index (κ1) is 18.8. The number of sulfone groups is 1. The molecule has 9 nitrogen and oxygen atoms in total. The van der Waals surface area contributed by atoms with Gasteiger partial charge in [-0.05, 0) is 37.3 Å². The van der Waals surface area contributed by atoms with Crippen molar-refractivity contribution in [3.63, 3.8) is 0 Å². The maximum Gasteiger partial charge on any atom is 0.288 e. The van der Waals surface area contributed by atoms with E-state index in [2.05, 4.69) is 4.99 Å². The number of amides is 1. The van der Waals surface area contributed by atoms with Crippen LogP contribution in [0.2, 0.25) is 0 Å². The summed E-state index contributed by atoms with van der Waals surface area (Å²) >= 11 is 0. The third kappa shape index (κ3) is 3.63. The van der Waals surface area contributed by atoms with Crippen LogP contribution in [0.1, 0.15) is 42.1 Å². The number of carbonyl (C=O) groups is 1. The largest absolute Gasteiger partial charge is 0.370 e. The molecule has 1 aliphatic rings. The van der Waals surface area contributed by atoms with E-state index in [0.717, 1.165) is 25.0 Å². The van der Waals surface area contributed by atoms with E-state index in [1.807, 2.05) is 6.92 Å². The fourth-order valence-electron chi connectivity index (χ4n) is 3.18. The summed E-state index contributed by atoms with van der Waals surface area (Å²) < 4.78 is 25.8. The second kappa shape index (κ2) is 6.79. The van der Waals surface area contributed by atoms with Crippen molar-refractivity contribution >= 4 is 27.4 Å². The highest BCUT2D eigenvalue weighted by Crippen LogP contribution is 2.38. The number of nitro groups is 1. The van der Waals surface area contributed by atoms with Gasteiger partial charge in [0.15, 0.2) is 15.8 Å². The van der Waals surface area contributed by atoms with E-state index in [0.29, 0.717) is 6.42 Å². The molecular formula is C15H20N4O5S. The standard InChI is InChI=1S/C15H20N4O5S/c1-8-4-3-5-12(8)25(23,24)13-6-9(2)10(7-11(13)19(21)22)14(20)18-15(16)17/h6-8,12H,3-5H2,1-2H3,(H4,16,17,18,20). The highest BCUT2D eigenvalue weighted by Gasteiger charge is 2.40. The van der Waals surface area contributed by atoms with Crippen molar-refractivity contribution in [1.29, 1.82) is 0 Å². The molecule has 0 saturated heterocycles. The third-order valence-corrected chi connectivity index (χ3v) is 6.89. The molecule has 1 aromatic carbocycles. The summed E-state index contributed by atoms with van der Waals surface area (Å²) in [6.45, 7) is 3.31. The van der Waals surface area contributed by atoms with Crippen molar-refractivity contribution in [3.05, 3.63) is 33.4 Å². The number of nitro benzene ring substituents is 1. The summed E-state index contributed by atoms with van der Waals surface area (Å²) in [6, 6.07) is 2.09. The summed E-state index contributed by atoms with van der Waals surface area (Å²) in [5.41, 5.74) is 9.81. The fourth-order valence-corrected chi connectivity index (χ4v) is 5.50. The van der Waals surface area contributed by atoms with Crippen molar-refractivity contribution in [1.82, 2.24) is 0 Å². The Labute approximate surface area is 145 Å². The van der Waals surface area contributed by atoms with Gasteiger partial charge in [0, 0.05) is 6.07 Å². The molecule has 0 aromatic heterocycles. The monoisotopic (exact) mass is 368 g/mol. The number of hydrogen-bond donors (Lipinski definition) is 2. The van der Waals surface area contributed by atoms with Gasteiger partial charge in [-0.25, -0.2) is 8.42 Å². The zero-order valence-corrected chi connectivity index (χ0v) is 14.7. The Morgan fingerprint density at radius 2 is 1.96 bits per heavy atom. The van der Waals surface area contributed by atoms with Gasteiger partial charge < -0.3 is 11.5 Å². The van der Waals surface area contributed by atoms with E-state index in [9.17, 15) is 23.3 Å². The van der Waals surface area contributed by atoms with Crippen LogP contribution < -0.4 is 11.5 Å². The fraction of sp³-hybridized carbons (Fsp3) is 0.467. The molecule has 0 spiro atoms. The average Bonchev–Trinajstić information content (AvgIpc) is 2.92. The van der Waals surface area contributed by atoms with Crippen molar-refractivity contribution in [2.45, 2.75) is 43.3 Å². The maximum absolute atomic E-state index is 12.9. The second-order valence-electron chi connectivity index (χ2n) is 6.23. The number of nitrogens with two attached hydrogens (primary N) is 2. The minimum absolute atomic E-state index is 0.0761. The van der Waals surface area contributed by atoms with Crippen molar-refractivity contribution in [2.24, 2.45) is 22.4 Å². The van der Waals surface area contributed by atoms with Gasteiger partial charge in [0.1, 0.15) is 4.90 Å². The molecule has 1 aromatic rings. The van der Waals surface area contributed by atoms with E-state index in [1.165, 1.54) is 6.92 Å². The van der Waals surface area contributed by atoms with Crippen LogP contribution >= 0.6 is 0 Å². The molecule has 1 aliphatic carbocycles. The van der Waals surface area contributed by atoms with Crippen LogP contribution in [0.15, 0.2) is 22.0 Å². The highest BCUT2D eigenvalue weighted by molar-refractivity contribution is 7.92. The zero-order chi connectivity index (χ0) is 18.9. The van der Waals surface area contributed by atoms with Gasteiger partial charge in [-0.15, -0.1) is 0 Å². The Morgan fingerprint density at radius 3 is 2.44 bits per heavy atom. The quantitative estimate of drug-likeness (QED) is 0.350. The Balaban J connectivity index is 2.64. The van der Waals surface area contributed by atoms with Crippen LogP contribution in [-0.2, 0) is 9.84 Å². The molecule has 2 unspecified atom stereocenters. The van der Waals surface area contributed by atoms with Gasteiger partial charge in [-0.1, -0.05) is 13.3 Å². The summed E-state index contributed by atoms with van der Waals surface area (Å²) in [5.74, 6) is -1.42. The average molecular weight is 368 g/mol. The third-order valence-electron chi connectivity index (χ3n) is 4.45. The SMILES string of the molecule is Cc1cc(S(=O)(=O)C2CCCC2C)c([N+](=O)[O-])cc1C(=O)N=C(N)N. The first-order valence-electron chi connectivity index (χ1n) is 7.72. The van der Waals surface area contributed by atoms with Gasteiger partial charge in [0.2, 0.25) is 0 Å². The Kier molecular flexibility index (Phi) is 5.12. The minimum Gasteiger partial charge on any atom is -0.370 e. The molecule has 1 saturated carbocycles. The summed E-state index contributed by atoms with van der Waals surface area (Å²) in [5, 5.41) is 10.8. The number of benzene rings is 1. The van der Waals surface area contributed by atoms with Crippen molar-refractivity contribution in [2.75, 3.05) is 0 Å². The Bertz CT molecular complexity index is 859. The van der Waals surface area contributed by atoms with Crippen molar-refractivity contribution in [3.8, 4) is 0 Å². The van der Waals surface area contributed by atoms with Crippen LogP contribution in [-0.4, -0.2) is 30.5 Å². The van der Waals surface area contributed by atoms with Crippen LogP contribution in [0.5, 0.6) is 0 Å². The number of aliphatic imine (C=N–C) groups is 1. The maximum atomic E-state index is 12.9. The number of hydrogen-bond acceptors (Lipinski definition) is 5. The van der Waals surface area contributed by atoms with Crippen molar-refractivity contribution < 1.29 is 18.1 Å². The molecule has 1 fully saturated rings. The highest BCUT2D eigenvalue weighted by atomic mass is 32.2. The van der Waals surface area contributed by atoms with Gasteiger partial charge >= 0.3 is 0 Å². The predicted octanol–water partition coefficient (Wildman–Crippen LogP) is 1.28. The molecule has 2 rings (SSSR count). The number of aryl methyl sites for hydroxylation is 1. The molecule has 0 aliphatic heterocycles. The number of nitrogens with zero attached hydrogens (tertiary/aromatic N) is 2. The molecule has 1 amide bonds. The van der Waals surface area contributed by atoms with Gasteiger partial charge in [0.05, 0.1) is 15.7 Å². The smallest absolute Gasteiger partial charge is 0.288 e. The van der Waals surface area contributed by atoms with Gasteiger partial charge in [-0.2, -0.15) is 4.99 Å². The first-order chi connectivity index (χ1) is 11.6. The van der Waals surface area contributed by atoms with Crippen LogP contribution in [0.4, 0.5) is 5.69 Å². The molecule has 0 heterocycles. The van der Waals surface area contributed by atoms with E-state index in [1.54, 1.807) is 0 Å². The molecule has 0 radical (unpaired) electrons. The minimum atomic E-state index is -3.89. The van der Waals surface area contributed by atoms with E-state index >= 15 is 0 Å². The second-order valence-corrected chi connectivity index (χ2v) is 8.36. The molecule has 10 heteroatoms. The number of guanidine groups is 1. The lowest BCUT2D eigenvalue weighted by molar-refractivity contribution is -0.387. The van der Waals surface area contributed by atoms with E-state index in [4.69, 9.17) is 11.5 Å². The number of rotatable bonds is 4. The molecule has 2 atom stereocenters. The first-order valence-corrected chi connectivity index (χ1v) is 9.27. The Hall–Kier alpha value is -2.49. The summed E-state index contributed by atoms with van der Waals surface area (Å²) in [7, 11) is -3.89. The number of carbonyl (C=O) groups excluding carboxylic acids is 1. The topological polar surface area (TPSA) is 159 Å². The molecular weight excluding hydrogens is 348 g/mol. The summed E-state index contributed by atoms with van der Waals surface area (Å²) in [4.78, 5) is 25.6. The lowest BCUT2D eigenvalue weighted by atomic mass is 10.1. The van der Waals surface area contributed by atoms with E-state index < -0.39 is 37.6 Å². The Morgan fingerprint density at radius 1 is 1.32 bits per heavy atom. The summed E-state index contributed by atoms with van der Waals surface area (Å²) in [6.07, 6.45) is 1.99. The van der Waals surface area contributed by atoms with Crippen LogP contribution in [0, 0.1) is 23.0 Å².